The Kier molecular flexibility index (Phi) is 7.17. The van der Waals surface area contributed by atoms with Gasteiger partial charge in [-0.25, -0.2) is 0 Å². The van der Waals surface area contributed by atoms with Gasteiger partial charge in [0.15, 0.2) is 40.7 Å². The Hall–Kier alpha value is -4.20. The van der Waals surface area contributed by atoms with Crippen molar-refractivity contribution in [3.63, 3.8) is 0 Å². The van der Waals surface area contributed by atoms with Crippen LogP contribution in [0.25, 0.3) is 0 Å². The smallest absolute Gasteiger partial charge is 0.168 e. The number of hydrogen-bond acceptors (Lipinski definition) is 8. The zero-order valence-electron chi connectivity index (χ0n) is 17.9. The minimum atomic E-state index is -0.902. The molecule has 0 bridgehead atoms. The lowest BCUT2D eigenvalue weighted by molar-refractivity contribution is 0.369. The van der Waals surface area contributed by atoms with Gasteiger partial charge in [-0.1, -0.05) is 24.3 Å². The number of methoxy groups -OCH3 is 3. The van der Waals surface area contributed by atoms with Crippen LogP contribution < -0.4 is 14.2 Å². The number of nitrogens with zero attached hydrogens (tertiary/aromatic N) is 2. The van der Waals surface area contributed by atoms with Gasteiger partial charge >= 0.3 is 0 Å². The fraction of sp³-hybridized carbons (Fsp3) is 0.167. The highest BCUT2D eigenvalue weighted by atomic mass is 16.5. The summed E-state index contributed by atoms with van der Waals surface area (Å²) in [5.74, 6) is 0.632. The normalized spacial score (nSPS) is 11.4. The summed E-state index contributed by atoms with van der Waals surface area (Å²) in [5.41, 5.74) is 1.20. The van der Waals surface area contributed by atoms with Gasteiger partial charge in [-0.3, -0.25) is 9.98 Å². The monoisotopic (exact) mass is 436 g/mol. The summed E-state index contributed by atoms with van der Waals surface area (Å²) in [5, 5.41) is 31.3. The van der Waals surface area contributed by atoms with Crippen molar-refractivity contribution >= 4 is 12.4 Å². The molecule has 0 aliphatic heterocycles. The van der Waals surface area contributed by atoms with Crippen molar-refractivity contribution in [1.29, 1.82) is 0 Å². The molecule has 0 saturated heterocycles. The molecule has 8 nitrogen and oxygen atoms in total. The van der Waals surface area contributed by atoms with E-state index in [0.29, 0.717) is 28.2 Å². The van der Waals surface area contributed by atoms with Crippen LogP contribution >= 0.6 is 0 Å². The van der Waals surface area contributed by atoms with E-state index in [-0.39, 0.29) is 23.0 Å². The Balaban J connectivity index is 2.05. The van der Waals surface area contributed by atoms with Crippen molar-refractivity contribution < 1.29 is 29.5 Å². The van der Waals surface area contributed by atoms with Gasteiger partial charge in [0.2, 0.25) is 0 Å². The van der Waals surface area contributed by atoms with Crippen LogP contribution in [0.5, 0.6) is 34.5 Å². The molecule has 3 rings (SSSR count). The first-order valence-electron chi connectivity index (χ1n) is 9.64. The number of rotatable bonds is 8. The zero-order chi connectivity index (χ0) is 23.1. The number of para-hydroxylation sites is 3. The summed E-state index contributed by atoms with van der Waals surface area (Å²) >= 11 is 0. The van der Waals surface area contributed by atoms with Gasteiger partial charge < -0.3 is 29.5 Å². The van der Waals surface area contributed by atoms with Crippen LogP contribution in [0.4, 0.5) is 0 Å². The van der Waals surface area contributed by atoms with Crippen LogP contribution in [0.1, 0.15) is 22.9 Å². The first kappa shape index (κ1) is 22.5. The third-order valence-corrected chi connectivity index (χ3v) is 4.74. The highest BCUT2D eigenvalue weighted by Gasteiger charge is 2.17. The molecular weight excluding hydrogens is 412 g/mol. The van der Waals surface area contributed by atoms with E-state index < -0.39 is 6.17 Å². The molecule has 3 aromatic rings. The molecule has 0 saturated carbocycles. The van der Waals surface area contributed by atoms with E-state index in [1.54, 1.807) is 54.6 Å². The van der Waals surface area contributed by atoms with Crippen LogP contribution in [0.2, 0.25) is 0 Å². The first-order valence-corrected chi connectivity index (χ1v) is 9.64. The third kappa shape index (κ3) is 4.75. The largest absolute Gasteiger partial charge is 0.504 e. The van der Waals surface area contributed by atoms with Gasteiger partial charge in [0.25, 0.3) is 0 Å². The van der Waals surface area contributed by atoms with Crippen LogP contribution in [-0.2, 0) is 0 Å². The van der Waals surface area contributed by atoms with E-state index >= 15 is 0 Å². The Morgan fingerprint density at radius 2 is 1.03 bits per heavy atom. The van der Waals surface area contributed by atoms with E-state index in [1.807, 2.05) is 0 Å². The fourth-order valence-electron chi connectivity index (χ4n) is 3.03. The zero-order valence-corrected chi connectivity index (χ0v) is 17.9. The summed E-state index contributed by atoms with van der Waals surface area (Å²) in [4.78, 5) is 8.91. The number of phenols is 3. The van der Waals surface area contributed by atoms with Crippen molar-refractivity contribution in [3.8, 4) is 34.5 Å². The van der Waals surface area contributed by atoms with Crippen molar-refractivity contribution in [3.05, 3.63) is 71.3 Å². The molecule has 8 heteroatoms. The molecule has 0 fully saturated rings. The molecule has 166 valence electrons. The number of aliphatic imine (C=N–C) groups is 2. The second-order valence-corrected chi connectivity index (χ2v) is 6.62. The van der Waals surface area contributed by atoms with Gasteiger partial charge in [-0.15, -0.1) is 0 Å². The van der Waals surface area contributed by atoms with Gasteiger partial charge in [-0.05, 0) is 30.3 Å². The van der Waals surface area contributed by atoms with E-state index in [1.165, 1.54) is 33.8 Å². The molecule has 0 radical (unpaired) electrons. The molecule has 0 aliphatic carbocycles. The number of phenolic OH excluding ortho intramolecular Hbond substituents is 3. The SMILES string of the molecule is COc1cccc(/C=N/C(/N=C/c2cccc(OC)c2O)c2cccc(OC)c2O)c1O. The van der Waals surface area contributed by atoms with Gasteiger partial charge in [0.1, 0.15) is 0 Å². The second kappa shape index (κ2) is 10.2. The molecule has 3 N–H and O–H groups in total. The Morgan fingerprint density at radius 1 is 0.625 bits per heavy atom. The van der Waals surface area contributed by atoms with Gasteiger partial charge in [0, 0.05) is 29.1 Å². The maximum Gasteiger partial charge on any atom is 0.168 e. The summed E-state index contributed by atoms with van der Waals surface area (Å²) < 4.78 is 15.5. The van der Waals surface area contributed by atoms with E-state index in [9.17, 15) is 15.3 Å². The fourth-order valence-corrected chi connectivity index (χ4v) is 3.03. The standard InChI is InChI=1S/C24H24N2O6/c1-30-18-10-4-7-15(21(18)27)13-25-24(17-9-6-12-20(32-3)23(17)29)26-14-16-8-5-11-19(31-2)22(16)28/h4-14,24,27-29H,1-3H3/b25-13+,26-14+. The molecule has 0 amide bonds. The minimum Gasteiger partial charge on any atom is -0.504 e. The predicted molar refractivity (Wildman–Crippen MR) is 122 cm³/mol. The van der Waals surface area contributed by atoms with Crippen molar-refractivity contribution in [2.75, 3.05) is 21.3 Å². The van der Waals surface area contributed by atoms with Crippen LogP contribution in [0, 0.1) is 0 Å². The first-order chi connectivity index (χ1) is 15.5. The van der Waals surface area contributed by atoms with Gasteiger partial charge in [-0.2, -0.15) is 0 Å². The predicted octanol–water partition coefficient (Wildman–Crippen LogP) is 4.07. The van der Waals surface area contributed by atoms with Crippen LogP contribution in [-0.4, -0.2) is 49.1 Å². The lowest BCUT2D eigenvalue weighted by atomic mass is 10.1. The maximum atomic E-state index is 10.6. The molecule has 0 heterocycles. The summed E-state index contributed by atoms with van der Waals surface area (Å²) in [7, 11) is 4.36. The maximum absolute atomic E-state index is 10.6. The van der Waals surface area contributed by atoms with Crippen molar-refractivity contribution in [1.82, 2.24) is 0 Å². The quantitative estimate of drug-likeness (QED) is 0.459. The number of ether oxygens (including phenoxy) is 3. The van der Waals surface area contributed by atoms with Crippen molar-refractivity contribution in [2.45, 2.75) is 6.17 Å². The Bertz CT molecular complexity index is 1080. The lowest BCUT2D eigenvalue weighted by Crippen LogP contribution is -1.98. The number of aromatic hydroxyl groups is 3. The number of benzene rings is 3. The van der Waals surface area contributed by atoms with E-state index in [2.05, 4.69) is 9.98 Å². The minimum absolute atomic E-state index is 0.0678. The molecule has 0 atom stereocenters. The van der Waals surface area contributed by atoms with Crippen LogP contribution in [0.15, 0.2) is 64.6 Å². The molecule has 32 heavy (non-hydrogen) atoms. The van der Waals surface area contributed by atoms with Gasteiger partial charge in [0.05, 0.1) is 21.3 Å². The Morgan fingerprint density at radius 3 is 1.47 bits per heavy atom. The number of hydrogen-bond donors (Lipinski definition) is 3. The average molecular weight is 436 g/mol. The second-order valence-electron chi connectivity index (χ2n) is 6.62. The Labute approximate surface area is 185 Å². The molecule has 3 aromatic carbocycles. The van der Waals surface area contributed by atoms with E-state index in [0.717, 1.165) is 0 Å². The highest BCUT2D eigenvalue weighted by molar-refractivity contribution is 5.86. The van der Waals surface area contributed by atoms with Crippen LogP contribution in [0.3, 0.4) is 0 Å². The molecular formula is C24H24N2O6. The lowest BCUT2D eigenvalue weighted by Gasteiger charge is -2.13. The molecule has 0 unspecified atom stereocenters. The highest BCUT2D eigenvalue weighted by Crippen LogP contribution is 2.36. The molecule has 0 spiro atoms. The molecule has 0 aromatic heterocycles. The summed E-state index contributed by atoms with van der Waals surface area (Å²) in [6.07, 6.45) is 1.97. The summed E-state index contributed by atoms with van der Waals surface area (Å²) in [6, 6.07) is 15.0. The topological polar surface area (TPSA) is 113 Å². The third-order valence-electron chi connectivity index (χ3n) is 4.74. The van der Waals surface area contributed by atoms with Crippen molar-refractivity contribution in [2.24, 2.45) is 9.98 Å². The summed E-state index contributed by atoms with van der Waals surface area (Å²) in [6.45, 7) is 0. The molecule has 0 aliphatic rings. The van der Waals surface area contributed by atoms with E-state index in [4.69, 9.17) is 14.2 Å². The average Bonchev–Trinajstić information content (AvgIpc) is 2.81.